The molecule has 3 aromatic rings. The summed E-state index contributed by atoms with van der Waals surface area (Å²) in [4.78, 5) is 14.9. The third kappa shape index (κ3) is 2.28. The molecule has 0 aliphatic heterocycles. The van der Waals surface area contributed by atoms with Crippen LogP contribution in [0, 0.1) is 0 Å². The molecule has 94 valence electrons. The number of carboxylic acid groups (broad SMARTS) is 1. The van der Waals surface area contributed by atoms with E-state index in [1.54, 1.807) is 29.0 Å². The van der Waals surface area contributed by atoms with E-state index in [-0.39, 0.29) is 6.54 Å². The summed E-state index contributed by atoms with van der Waals surface area (Å²) in [5, 5.41) is 14.8. The highest BCUT2D eigenvalue weighted by molar-refractivity contribution is 5.62. The number of aliphatic carboxylic acids is 1. The van der Waals surface area contributed by atoms with Crippen LogP contribution in [0.5, 0.6) is 0 Å². The fourth-order valence-electron chi connectivity index (χ4n) is 1.81. The predicted molar refractivity (Wildman–Crippen MR) is 63.6 cm³/mol. The van der Waals surface area contributed by atoms with Gasteiger partial charge in [-0.2, -0.15) is 4.57 Å². The van der Waals surface area contributed by atoms with E-state index in [0.29, 0.717) is 5.82 Å². The average Bonchev–Trinajstić information content (AvgIpc) is 2.82. The second kappa shape index (κ2) is 4.49. The van der Waals surface area contributed by atoms with Gasteiger partial charge in [-0.15, -0.1) is 5.10 Å². The zero-order valence-corrected chi connectivity index (χ0v) is 9.93. The summed E-state index contributed by atoms with van der Waals surface area (Å²) in [6, 6.07) is 9.20. The number of hydrogen-bond acceptors (Lipinski definition) is 4. The Kier molecular flexibility index (Phi) is 2.68. The Balaban J connectivity index is 1.95. The molecule has 19 heavy (non-hydrogen) atoms. The maximum absolute atomic E-state index is 10.5. The van der Waals surface area contributed by atoms with Crippen LogP contribution in [0.1, 0.15) is 0 Å². The molecule has 0 atom stereocenters. The van der Waals surface area contributed by atoms with E-state index in [1.807, 2.05) is 24.4 Å². The number of nitrogens with zero attached hydrogens (tertiary/aromatic N) is 4. The number of pyridine rings is 2. The van der Waals surface area contributed by atoms with Gasteiger partial charge in [0, 0.05) is 23.9 Å². The maximum Gasteiger partial charge on any atom is 0.187 e. The number of fused-ring (bicyclic) bond motifs is 1. The summed E-state index contributed by atoms with van der Waals surface area (Å²) in [6.07, 6.45) is 5.15. The van der Waals surface area contributed by atoms with Crippen LogP contribution in [0.2, 0.25) is 0 Å². The van der Waals surface area contributed by atoms with Crippen LogP contribution in [0.15, 0.2) is 48.9 Å². The van der Waals surface area contributed by atoms with E-state index in [1.165, 1.54) is 4.57 Å². The second-order valence-corrected chi connectivity index (χ2v) is 4.07. The molecule has 6 nitrogen and oxygen atoms in total. The largest absolute Gasteiger partial charge is 0.544 e. The molecule has 0 spiro atoms. The molecule has 0 radical (unpaired) electrons. The van der Waals surface area contributed by atoms with Crippen molar-refractivity contribution in [1.29, 1.82) is 0 Å². The molecule has 3 heterocycles. The lowest BCUT2D eigenvalue weighted by atomic mass is 10.2. The van der Waals surface area contributed by atoms with Crippen molar-refractivity contribution < 1.29 is 14.5 Å². The molecule has 0 saturated heterocycles. The van der Waals surface area contributed by atoms with Crippen molar-refractivity contribution in [3.63, 3.8) is 0 Å². The van der Waals surface area contributed by atoms with Gasteiger partial charge in [-0.05, 0) is 12.1 Å². The Hall–Kier alpha value is -2.76. The summed E-state index contributed by atoms with van der Waals surface area (Å²) >= 11 is 0. The molecule has 0 aromatic carbocycles. The lowest BCUT2D eigenvalue weighted by molar-refractivity contribution is -0.690. The van der Waals surface area contributed by atoms with E-state index in [2.05, 4.69) is 10.1 Å². The first-order valence-electron chi connectivity index (χ1n) is 5.73. The van der Waals surface area contributed by atoms with E-state index in [9.17, 15) is 9.90 Å². The van der Waals surface area contributed by atoms with Gasteiger partial charge in [-0.3, -0.25) is 0 Å². The SMILES string of the molecule is O=C([O-])C[n+]1ccc(-c2nc3ccccn3n2)cc1. The Morgan fingerprint density at radius 3 is 2.74 bits per heavy atom. The monoisotopic (exact) mass is 254 g/mol. The predicted octanol–water partition coefficient (Wildman–Crippen LogP) is -0.566. The fourth-order valence-corrected chi connectivity index (χ4v) is 1.81. The van der Waals surface area contributed by atoms with Crippen molar-refractivity contribution in [2.75, 3.05) is 0 Å². The number of rotatable bonds is 3. The highest BCUT2D eigenvalue weighted by Gasteiger charge is 2.08. The lowest BCUT2D eigenvalue weighted by Crippen LogP contribution is -2.43. The van der Waals surface area contributed by atoms with Crippen molar-refractivity contribution in [2.45, 2.75) is 6.54 Å². The van der Waals surface area contributed by atoms with Crippen LogP contribution in [-0.2, 0) is 11.3 Å². The number of hydrogen-bond donors (Lipinski definition) is 0. The van der Waals surface area contributed by atoms with E-state index in [0.717, 1.165) is 11.2 Å². The minimum atomic E-state index is -1.12. The normalized spacial score (nSPS) is 10.7. The van der Waals surface area contributed by atoms with Gasteiger partial charge in [-0.1, -0.05) is 6.07 Å². The topological polar surface area (TPSA) is 74.2 Å². The molecule has 0 amide bonds. The Morgan fingerprint density at radius 1 is 1.26 bits per heavy atom. The Morgan fingerprint density at radius 2 is 2.05 bits per heavy atom. The zero-order valence-electron chi connectivity index (χ0n) is 9.93. The first kappa shape index (κ1) is 11.3. The third-order valence-corrected chi connectivity index (χ3v) is 2.70. The van der Waals surface area contributed by atoms with Crippen LogP contribution in [0.25, 0.3) is 17.0 Å². The molecule has 0 aliphatic carbocycles. The van der Waals surface area contributed by atoms with Crippen molar-refractivity contribution in [2.24, 2.45) is 0 Å². The number of carboxylic acids is 1. The van der Waals surface area contributed by atoms with Gasteiger partial charge in [0.25, 0.3) is 0 Å². The van der Waals surface area contributed by atoms with Gasteiger partial charge >= 0.3 is 0 Å². The molecular formula is C13H10N4O2. The molecule has 0 unspecified atom stereocenters. The average molecular weight is 254 g/mol. The number of carbonyl (C=O) groups excluding carboxylic acids is 1. The molecule has 6 heteroatoms. The quantitative estimate of drug-likeness (QED) is 0.587. The minimum absolute atomic E-state index is 0.168. The van der Waals surface area contributed by atoms with Gasteiger partial charge in [0.05, 0.1) is 0 Å². The fraction of sp³-hybridized carbons (Fsp3) is 0.0769. The standard InChI is InChI=1S/C13H10N4O2/c18-12(19)9-16-7-4-10(5-8-16)13-14-11-3-1-2-6-17(11)15-13/h1-8H,9H2. The molecule has 0 fully saturated rings. The highest BCUT2D eigenvalue weighted by Crippen LogP contribution is 2.13. The van der Waals surface area contributed by atoms with Crippen molar-refractivity contribution in [1.82, 2.24) is 14.6 Å². The van der Waals surface area contributed by atoms with Gasteiger partial charge in [0.1, 0.15) is 5.97 Å². The molecule has 3 rings (SSSR count). The van der Waals surface area contributed by atoms with Gasteiger partial charge in [0.2, 0.25) is 0 Å². The van der Waals surface area contributed by atoms with E-state index >= 15 is 0 Å². The van der Waals surface area contributed by atoms with Crippen LogP contribution in [0.3, 0.4) is 0 Å². The van der Waals surface area contributed by atoms with Crippen LogP contribution in [-0.4, -0.2) is 20.6 Å². The number of aromatic nitrogens is 4. The van der Waals surface area contributed by atoms with Gasteiger partial charge in [-0.25, -0.2) is 9.50 Å². The first-order valence-corrected chi connectivity index (χ1v) is 5.73. The van der Waals surface area contributed by atoms with Crippen LogP contribution in [0.4, 0.5) is 0 Å². The zero-order chi connectivity index (χ0) is 13.2. The Labute approximate surface area is 108 Å². The Bertz CT molecular complexity index is 701. The van der Waals surface area contributed by atoms with E-state index < -0.39 is 5.97 Å². The lowest BCUT2D eigenvalue weighted by Gasteiger charge is -1.98. The number of carbonyl (C=O) groups is 1. The molecule has 0 aliphatic rings. The van der Waals surface area contributed by atoms with Gasteiger partial charge < -0.3 is 9.90 Å². The summed E-state index contributed by atoms with van der Waals surface area (Å²) in [5.41, 5.74) is 1.60. The molecule has 0 bridgehead atoms. The second-order valence-electron chi connectivity index (χ2n) is 4.07. The summed E-state index contributed by atoms with van der Waals surface area (Å²) in [6.45, 7) is -0.168. The van der Waals surface area contributed by atoms with Crippen LogP contribution >= 0.6 is 0 Å². The highest BCUT2D eigenvalue weighted by atomic mass is 16.4. The first-order chi connectivity index (χ1) is 9.22. The van der Waals surface area contributed by atoms with Crippen molar-refractivity contribution in [3.05, 3.63) is 48.9 Å². The maximum atomic E-state index is 10.5. The van der Waals surface area contributed by atoms with Crippen LogP contribution < -0.4 is 9.67 Å². The smallest absolute Gasteiger partial charge is 0.187 e. The molecular weight excluding hydrogens is 244 g/mol. The molecule has 0 saturated carbocycles. The van der Waals surface area contributed by atoms with Crippen molar-refractivity contribution in [3.8, 4) is 11.4 Å². The van der Waals surface area contributed by atoms with Gasteiger partial charge in [0.15, 0.2) is 30.4 Å². The summed E-state index contributed by atoms with van der Waals surface area (Å²) < 4.78 is 3.21. The van der Waals surface area contributed by atoms with Crippen molar-refractivity contribution >= 4 is 11.6 Å². The third-order valence-electron chi connectivity index (χ3n) is 2.70. The molecule has 3 aromatic heterocycles. The minimum Gasteiger partial charge on any atom is -0.544 e. The molecule has 0 N–H and O–H groups in total. The summed E-state index contributed by atoms with van der Waals surface area (Å²) in [5.74, 6) is -0.518. The summed E-state index contributed by atoms with van der Waals surface area (Å²) in [7, 11) is 0. The van der Waals surface area contributed by atoms with E-state index in [4.69, 9.17) is 0 Å².